The zero-order valence-corrected chi connectivity index (χ0v) is 5.78. The quantitative estimate of drug-likeness (QED) is 0.503. The zero-order valence-electron chi connectivity index (χ0n) is 5.78. The van der Waals surface area contributed by atoms with Gasteiger partial charge in [-0.2, -0.15) is 0 Å². The number of ether oxygens (including phenoxy) is 3. The normalized spacial score (nSPS) is 29.1. The number of hydrogen-bond acceptors (Lipinski definition) is 4. The van der Waals surface area contributed by atoms with Gasteiger partial charge < -0.3 is 19.3 Å². The van der Waals surface area contributed by atoms with Gasteiger partial charge in [0.25, 0.3) is 0 Å². The number of epoxide rings is 1. The Kier molecular flexibility index (Phi) is 3.67. The first-order valence-electron chi connectivity index (χ1n) is 3.31. The van der Waals surface area contributed by atoms with Crippen molar-refractivity contribution in [3.05, 3.63) is 0 Å². The van der Waals surface area contributed by atoms with Crippen LogP contribution in [0.2, 0.25) is 0 Å². The van der Waals surface area contributed by atoms with Gasteiger partial charge in [-0.15, -0.1) is 0 Å². The topological polar surface area (TPSA) is 51.2 Å². The first kappa shape index (κ1) is 7.94. The number of rotatable bonds is 1. The van der Waals surface area contributed by atoms with Crippen molar-refractivity contribution in [2.45, 2.75) is 6.10 Å². The minimum Gasteiger partial charge on any atom is -0.394 e. The first-order valence-corrected chi connectivity index (χ1v) is 3.31. The van der Waals surface area contributed by atoms with Gasteiger partial charge in [0.15, 0.2) is 0 Å². The summed E-state index contributed by atoms with van der Waals surface area (Å²) < 4.78 is 14.1. The molecule has 2 saturated heterocycles. The molecule has 0 aromatic rings. The minimum atomic E-state index is -0.0694. The molecule has 2 rings (SSSR count). The third-order valence-electron chi connectivity index (χ3n) is 1.10. The van der Waals surface area contributed by atoms with Crippen LogP contribution in [-0.4, -0.2) is 44.4 Å². The maximum absolute atomic E-state index is 8.36. The van der Waals surface area contributed by atoms with Crippen molar-refractivity contribution in [3.63, 3.8) is 0 Å². The molecule has 1 unspecified atom stereocenters. The number of aliphatic hydroxyl groups excluding tert-OH is 1. The van der Waals surface area contributed by atoms with E-state index >= 15 is 0 Å². The van der Waals surface area contributed by atoms with Crippen molar-refractivity contribution < 1.29 is 19.3 Å². The summed E-state index contributed by atoms with van der Waals surface area (Å²) in [6, 6.07) is 0. The van der Waals surface area contributed by atoms with E-state index in [0.29, 0.717) is 13.4 Å². The van der Waals surface area contributed by atoms with E-state index in [-0.39, 0.29) is 12.7 Å². The van der Waals surface area contributed by atoms with E-state index in [1.54, 1.807) is 0 Å². The fourth-order valence-electron chi connectivity index (χ4n) is 0.477. The fraction of sp³-hybridized carbons (Fsp3) is 1.00. The molecule has 0 bridgehead atoms. The molecule has 2 aliphatic rings. The average molecular weight is 148 g/mol. The maximum Gasteiger partial charge on any atom is 0.147 e. The predicted octanol–water partition coefficient (Wildman–Crippen LogP) is -0.632. The van der Waals surface area contributed by atoms with E-state index in [1.807, 2.05) is 0 Å². The molecule has 60 valence electrons. The Balaban J connectivity index is 0.000000138. The van der Waals surface area contributed by atoms with Crippen LogP contribution in [0, 0.1) is 0 Å². The molecule has 1 atom stereocenters. The highest BCUT2D eigenvalue weighted by Crippen LogP contribution is 1.99. The van der Waals surface area contributed by atoms with Crippen LogP contribution in [0.15, 0.2) is 0 Å². The Morgan fingerprint density at radius 1 is 1.30 bits per heavy atom. The van der Waals surface area contributed by atoms with Crippen molar-refractivity contribution >= 4 is 0 Å². The molecule has 0 spiro atoms. The molecule has 0 saturated carbocycles. The van der Waals surface area contributed by atoms with E-state index in [0.717, 1.165) is 13.2 Å². The Morgan fingerprint density at radius 2 is 2.00 bits per heavy atom. The van der Waals surface area contributed by atoms with E-state index in [2.05, 4.69) is 4.74 Å². The lowest BCUT2D eigenvalue weighted by Crippen LogP contribution is -2.13. The monoisotopic (exact) mass is 148 g/mol. The summed E-state index contributed by atoms with van der Waals surface area (Å²) in [5, 5.41) is 8.36. The van der Waals surface area contributed by atoms with Gasteiger partial charge in [0, 0.05) is 0 Å². The van der Waals surface area contributed by atoms with E-state index < -0.39 is 0 Å². The number of aliphatic hydroxyl groups is 1. The van der Waals surface area contributed by atoms with Crippen molar-refractivity contribution in [2.24, 2.45) is 0 Å². The van der Waals surface area contributed by atoms with Crippen molar-refractivity contribution in [1.29, 1.82) is 0 Å². The van der Waals surface area contributed by atoms with Crippen LogP contribution >= 0.6 is 0 Å². The second-order valence-electron chi connectivity index (χ2n) is 2.07. The van der Waals surface area contributed by atoms with Crippen molar-refractivity contribution in [2.75, 3.05) is 33.2 Å². The average Bonchev–Trinajstić information content (AvgIpc) is 2.75. The molecule has 0 amide bonds. The molecule has 2 aliphatic heterocycles. The van der Waals surface area contributed by atoms with Crippen molar-refractivity contribution in [1.82, 2.24) is 0 Å². The highest BCUT2D eigenvalue weighted by molar-refractivity contribution is 4.55. The summed E-state index contributed by atoms with van der Waals surface area (Å²) in [7, 11) is 0. The summed E-state index contributed by atoms with van der Waals surface area (Å²) in [5.41, 5.74) is 0. The fourth-order valence-corrected chi connectivity index (χ4v) is 0.477. The maximum atomic E-state index is 8.36. The summed E-state index contributed by atoms with van der Waals surface area (Å²) in [5.74, 6) is 0. The first-order chi connectivity index (χ1) is 4.93. The van der Waals surface area contributed by atoms with Crippen LogP contribution in [0.3, 0.4) is 0 Å². The largest absolute Gasteiger partial charge is 0.394 e. The Bertz CT molecular complexity index is 75.1. The van der Waals surface area contributed by atoms with Crippen LogP contribution in [0.1, 0.15) is 0 Å². The van der Waals surface area contributed by atoms with Crippen LogP contribution in [0.4, 0.5) is 0 Å². The van der Waals surface area contributed by atoms with Crippen molar-refractivity contribution in [3.8, 4) is 0 Å². The van der Waals surface area contributed by atoms with Gasteiger partial charge in [-0.1, -0.05) is 0 Å². The molecule has 10 heavy (non-hydrogen) atoms. The highest BCUT2D eigenvalue weighted by atomic mass is 16.7. The van der Waals surface area contributed by atoms with Gasteiger partial charge in [0.05, 0.1) is 26.4 Å². The molecule has 2 heterocycles. The van der Waals surface area contributed by atoms with E-state index in [4.69, 9.17) is 14.6 Å². The lowest BCUT2D eigenvalue weighted by molar-refractivity contribution is 0.0280. The smallest absolute Gasteiger partial charge is 0.147 e. The van der Waals surface area contributed by atoms with Crippen LogP contribution < -0.4 is 0 Å². The third-order valence-corrected chi connectivity index (χ3v) is 1.10. The molecule has 1 N–H and O–H groups in total. The number of hydrogen-bond donors (Lipinski definition) is 1. The molecular formula is C6H12O4. The Labute approximate surface area is 59.7 Å². The van der Waals surface area contributed by atoms with Gasteiger partial charge in [0.1, 0.15) is 12.9 Å². The summed E-state index contributed by atoms with van der Waals surface area (Å²) in [6.45, 7) is 2.95. The van der Waals surface area contributed by atoms with Gasteiger partial charge in [-0.3, -0.25) is 0 Å². The molecule has 0 aromatic carbocycles. The predicted molar refractivity (Wildman–Crippen MR) is 33.6 cm³/mol. The standard InChI is InChI=1S/C4H8O3.C2H4O/c5-1-4-2-6-3-7-4;1-2-3-1/h4-5H,1-3H2;1-2H2. The SMILES string of the molecule is C1CO1.OCC1COCO1. The molecule has 2 fully saturated rings. The van der Waals surface area contributed by atoms with Gasteiger partial charge in [-0.05, 0) is 0 Å². The molecule has 0 radical (unpaired) electrons. The molecular weight excluding hydrogens is 136 g/mol. The molecule has 4 nitrogen and oxygen atoms in total. The Hall–Kier alpha value is -0.160. The van der Waals surface area contributed by atoms with Crippen LogP contribution in [0.5, 0.6) is 0 Å². The molecule has 4 heteroatoms. The lowest BCUT2D eigenvalue weighted by Gasteiger charge is -1.97. The summed E-state index contributed by atoms with van der Waals surface area (Å²) in [6.07, 6.45) is -0.0694. The second-order valence-corrected chi connectivity index (χ2v) is 2.07. The van der Waals surface area contributed by atoms with Gasteiger partial charge >= 0.3 is 0 Å². The molecule has 0 aliphatic carbocycles. The summed E-state index contributed by atoms with van der Waals surface area (Å²) >= 11 is 0. The highest BCUT2D eigenvalue weighted by Gasteiger charge is 2.13. The van der Waals surface area contributed by atoms with Gasteiger partial charge in [-0.25, -0.2) is 0 Å². The van der Waals surface area contributed by atoms with Gasteiger partial charge in [0.2, 0.25) is 0 Å². The van der Waals surface area contributed by atoms with E-state index in [9.17, 15) is 0 Å². The lowest BCUT2D eigenvalue weighted by atomic mass is 10.4. The van der Waals surface area contributed by atoms with Crippen LogP contribution in [0.25, 0.3) is 0 Å². The third kappa shape index (κ3) is 3.79. The zero-order chi connectivity index (χ0) is 7.23. The molecule has 0 aromatic heterocycles. The van der Waals surface area contributed by atoms with E-state index in [1.165, 1.54) is 0 Å². The minimum absolute atomic E-state index is 0.0694. The van der Waals surface area contributed by atoms with Crippen LogP contribution in [-0.2, 0) is 14.2 Å². The Morgan fingerprint density at radius 3 is 2.20 bits per heavy atom. The summed E-state index contributed by atoms with van der Waals surface area (Å²) in [4.78, 5) is 0. The second kappa shape index (κ2) is 4.62.